The van der Waals surface area contributed by atoms with Crippen molar-refractivity contribution < 1.29 is 35.4 Å². The Balaban J connectivity index is 1.46. The van der Waals surface area contributed by atoms with Gasteiger partial charge in [-0.05, 0) is 60.0 Å². The number of phenolic OH excluding ortho intramolecular Hbond substituents is 1. The zero-order valence-electron chi connectivity index (χ0n) is 22.2. The number of nitrogens with zero attached hydrogens (tertiary/aromatic N) is 5. The first-order valence-electron chi connectivity index (χ1n) is 12.5. The number of thioether (sulfide) groups is 1. The number of phenols is 1. The third-order valence-electron chi connectivity index (χ3n) is 5.94. The fourth-order valence-corrected chi connectivity index (χ4v) is 6.35. The summed E-state index contributed by atoms with van der Waals surface area (Å²) < 4.78 is 79.4. The minimum absolute atomic E-state index is 0.0687. The Hall–Kier alpha value is -4.55. The molecule has 0 amide bonds. The first-order chi connectivity index (χ1) is 20.9. The molecule has 0 atom stereocenters. The number of aromatic hydroxyl groups is 1. The topological polar surface area (TPSA) is 204 Å². The van der Waals surface area contributed by atoms with Crippen molar-refractivity contribution in [3.05, 3.63) is 84.9 Å². The summed E-state index contributed by atoms with van der Waals surface area (Å²) in [4.78, 5) is 11.6. The SMILES string of the molecule is O=S(=O)(O)CCSc1ccc(N=Nc2c(S(=O)(=O)O)cc3cc(-c4nc(F)nc(Nc5ccccc5)n4)ccc3c2O)cc1. The van der Waals surface area contributed by atoms with Crippen molar-refractivity contribution in [2.45, 2.75) is 9.79 Å². The number of hydrogen-bond acceptors (Lipinski definition) is 12. The second-order valence-electron chi connectivity index (χ2n) is 9.05. The quantitative estimate of drug-likeness (QED) is 0.0785. The highest BCUT2D eigenvalue weighted by Gasteiger charge is 2.23. The van der Waals surface area contributed by atoms with E-state index >= 15 is 0 Å². The number of rotatable bonds is 10. The average Bonchev–Trinajstić information content (AvgIpc) is 2.96. The molecule has 0 saturated carbocycles. The van der Waals surface area contributed by atoms with Crippen LogP contribution in [0, 0.1) is 6.08 Å². The van der Waals surface area contributed by atoms with Crippen molar-refractivity contribution in [1.82, 2.24) is 15.0 Å². The maximum Gasteiger partial charge on any atom is 0.313 e. The number of azo groups is 1. The van der Waals surface area contributed by atoms with Crippen LogP contribution in [0.25, 0.3) is 22.2 Å². The molecule has 0 radical (unpaired) electrons. The lowest BCUT2D eigenvalue weighted by Gasteiger charge is -2.11. The van der Waals surface area contributed by atoms with E-state index in [9.17, 15) is 30.9 Å². The monoisotopic (exact) mass is 656 g/mol. The summed E-state index contributed by atoms with van der Waals surface area (Å²) in [6.45, 7) is 0. The molecule has 17 heteroatoms. The molecule has 226 valence electrons. The fraction of sp³-hybridized carbons (Fsp3) is 0.0741. The Kier molecular flexibility index (Phi) is 8.84. The van der Waals surface area contributed by atoms with Gasteiger partial charge < -0.3 is 10.4 Å². The van der Waals surface area contributed by atoms with Crippen molar-refractivity contribution in [1.29, 1.82) is 0 Å². The van der Waals surface area contributed by atoms with Crippen LogP contribution in [-0.4, -0.2) is 57.5 Å². The lowest BCUT2D eigenvalue weighted by atomic mass is 10.0. The van der Waals surface area contributed by atoms with Crippen LogP contribution in [-0.2, 0) is 20.2 Å². The summed E-state index contributed by atoms with van der Waals surface area (Å²) in [7, 11) is -8.99. The van der Waals surface area contributed by atoms with Crippen LogP contribution in [0.4, 0.5) is 27.4 Å². The van der Waals surface area contributed by atoms with Crippen LogP contribution in [0.2, 0.25) is 0 Å². The molecule has 4 aromatic carbocycles. The smallest absolute Gasteiger partial charge is 0.313 e. The maximum absolute atomic E-state index is 14.3. The molecule has 4 N–H and O–H groups in total. The third-order valence-corrected chi connectivity index (χ3v) is 8.80. The molecular formula is C27H21FN6O7S3. The molecule has 0 saturated heterocycles. The standard InChI is InChI=1S/C27H21FN6O7S3/c28-26-30-25(31-27(32-26)29-18-4-2-1-3-5-18)16-6-11-21-17(14-16)15-22(44(39,40)41)23(24(21)35)34-33-19-7-9-20(10-8-19)42-12-13-43(36,37)38/h1-11,14-15,35H,12-13H2,(H,36,37,38)(H,39,40,41)(H,29,30,31,32). The van der Waals surface area contributed by atoms with Gasteiger partial charge in [-0.25, -0.2) is 0 Å². The second kappa shape index (κ2) is 12.6. The van der Waals surface area contributed by atoms with E-state index in [0.29, 0.717) is 10.6 Å². The number of aromatic nitrogens is 3. The molecule has 0 spiro atoms. The van der Waals surface area contributed by atoms with Gasteiger partial charge in [-0.3, -0.25) is 9.11 Å². The van der Waals surface area contributed by atoms with Crippen LogP contribution in [0.3, 0.4) is 0 Å². The fourth-order valence-electron chi connectivity index (χ4n) is 3.95. The van der Waals surface area contributed by atoms with Gasteiger partial charge in [0.1, 0.15) is 10.6 Å². The van der Waals surface area contributed by atoms with E-state index in [1.807, 2.05) is 0 Å². The van der Waals surface area contributed by atoms with Crippen molar-refractivity contribution in [3.63, 3.8) is 0 Å². The van der Waals surface area contributed by atoms with Crippen molar-refractivity contribution >= 4 is 65.8 Å². The molecule has 0 unspecified atom stereocenters. The van der Waals surface area contributed by atoms with Gasteiger partial charge >= 0.3 is 6.08 Å². The first kappa shape index (κ1) is 30.9. The van der Waals surface area contributed by atoms with Crippen molar-refractivity contribution in [2.24, 2.45) is 10.2 Å². The third kappa shape index (κ3) is 7.69. The number of benzene rings is 4. The van der Waals surface area contributed by atoms with Gasteiger partial charge in [-0.1, -0.05) is 24.3 Å². The average molecular weight is 657 g/mol. The molecule has 0 aliphatic rings. The maximum atomic E-state index is 14.3. The van der Waals surface area contributed by atoms with E-state index in [1.54, 1.807) is 42.5 Å². The number of para-hydroxylation sites is 1. The second-order valence-corrected chi connectivity index (χ2v) is 13.2. The summed E-state index contributed by atoms with van der Waals surface area (Å²) in [5.41, 5.74) is 0.619. The molecule has 5 aromatic rings. The van der Waals surface area contributed by atoms with E-state index < -0.39 is 48.4 Å². The molecule has 0 aliphatic carbocycles. The Morgan fingerprint density at radius 1 is 0.864 bits per heavy atom. The molecule has 1 heterocycles. The number of anilines is 2. The van der Waals surface area contributed by atoms with Gasteiger partial charge in [0.15, 0.2) is 11.6 Å². The van der Waals surface area contributed by atoms with E-state index in [0.717, 1.165) is 6.07 Å². The molecule has 44 heavy (non-hydrogen) atoms. The number of hydrogen-bond donors (Lipinski definition) is 4. The molecule has 1 aromatic heterocycles. The van der Waals surface area contributed by atoms with Crippen LogP contribution < -0.4 is 5.32 Å². The van der Waals surface area contributed by atoms with Gasteiger partial charge in [0.25, 0.3) is 20.2 Å². The normalized spacial score (nSPS) is 12.2. The Bertz CT molecular complexity index is 2100. The minimum Gasteiger partial charge on any atom is -0.505 e. The number of fused-ring (bicyclic) bond motifs is 1. The number of nitrogens with one attached hydrogen (secondary N) is 1. The van der Waals surface area contributed by atoms with Crippen LogP contribution in [0.1, 0.15) is 0 Å². The molecular weight excluding hydrogens is 636 g/mol. The zero-order chi connectivity index (χ0) is 31.5. The van der Waals surface area contributed by atoms with Crippen LogP contribution in [0.5, 0.6) is 5.75 Å². The Morgan fingerprint density at radius 2 is 1.59 bits per heavy atom. The highest BCUT2D eigenvalue weighted by molar-refractivity contribution is 8.00. The molecule has 0 fully saturated rings. The molecule has 0 bridgehead atoms. The molecule has 13 nitrogen and oxygen atoms in total. The lowest BCUT2D eigenvalue weighted by molar-refractivity contribution is 0.472. The Labute approximate surface area is 254 Å². The largest absolute Gasteiger partial charge is 0.505 e. The van der Waals surface area contributed by atoms with E-state index in [1.165, 1.54) is 42.1 Å². The number of halogens is 1. The van der Waals surface area contributed by atoms with Gasteiger partial charge in [0.05, 0.1) is 11.4 Å². The predicted octanol–water partition coefficient (Wildman–Crippen LogP) is 5.92. The van der Waals surface area contributed by atoms with Gasteiger partial charge in [0, 0.05) is 27.3 Å². The van der Waals surface area contributed by atoms with Gasteiger partial charge in [-0.2, -0.15) is 41.3 Å². The van der Waals surface area contributed by atoms with E-state index in [-0.39, 0.29) is 39.5 Å². The van der Waals surface area contributed by atoms with Gasteiger partial charge in [-0.15, -0.1) is 16.9 Å². The van der Waals surface area contributed by atoms with E-state index in [2.05, 4.69) is 30.5 Å². The highest BCUT2D eigenvalue weighted by atomic mass is 32.2. The van der Waals surface area contributed by atoms with Gasteiger partial charge in [0.2, 0.25) is 5.95 Å². The summed E-state index contributed by atoms with van der Waals surface area (Å²) in [6.07, 6.45) is -1.06. The molecule has 5 rings (SSSR count). The van der Waals surface area contributed by atoms with Crippen LogP contribution in [0.15, 0.2) is 98.9 Å². The molecule has 0 aliphatic heterocycles. The summed E-state index contributed by atoms with van der Waals surface area (Å²) in [5, 5.41) is 22.0. The van der Waals surface area contributed by atoms with Crippen molar-refractivity contribution in [2.75, 3.05) is 16.8 Å². The van der Waals surface area contributed by atoms with Crippen molar-refractivity contribution in [3.8, 4) is 17.1 Å². The first-order valence-corrected chi connectivity index (χ1v) is 16.5. The summed E-state index contributed by atoms with van der Waals surface area (Å²) >= 11 is 1.18. The summed E-state index contributed by atoms with van der Waals surface area (Å²) in [6, 6.07) is 20.5. The Morgan fingerprint density at radius 3 is 2.27 bits per heavy atom. The lowest BCUT2D eigenvalue weighted by Crippen LogP contribution is -2.05. The zero-order valence-corrected chi connectivity index (χ0v) is 24.7. The summed E-state index contributed by atoms with van der Waals surface area (Å²) in [5.74, 6) is -1.02. The minimum atomic E-state index is -4.90. The predicted molar refractivity (Wildman–Crippen MR) is 162 cm³/mol. The highest BCUT2D eigenvalue weighted by Crippen LogP contribution is 2.42. The van der Waals surface area contributed by atoms with Crippen LogP contribution >= 0.6 is 11.8 Å². The van der Waals surface area contributed by atoms with E-state index in [4.69, 9.17) is 4.55 Å².